The van der Waals surface area contributed by atoms with E-state index < -0.39 is 0 Å². The van der Waals surface area contributed by atoms with Gasteiger partial charge in [-0.25, -0.2) is 9.98 Å². The number of benzene rings is 3. The van der Waals surface area contributed by atoms with Crippen molar-refractivity contribution in [2.24, 2.45) is 4.99 Å². The molecule has 1 atom stereocenters. The Labute approximate surface area is 264 Å². The van der Waals surface area contributed by atoms with E-state index in [4.69, 9.17) is 23.9 Å². The minimum atomic E-state index is -0.386. The van der Waals surface area contributed by atoms with Gasteiger partial charge in [0, 0.05) is 17.2 Å². The molecule has 7 nitrogen and oxygen atoms in total. The molecule has 2 aliphatic rings. The van der Waals surface area contributed by atoms with Crippen LogP contribution in [0.25, 0.3) is 22.0 Å². The molecule has 0 saturated heterocycles. The van der Waals surface area contributed by atoms with Crippen LogP contribution in [0.4, 0.5) is 0 Å². The molecule has 4 heterocycles. The highest BCUT2D eigenvalue weighted by Crippen LogP contribution is 2.44. The van der Waals surface area contributed by atoms with E-state index in [-0.39, 0.29) is 11.6 Å². The second-order valence-corrected chi connectivity index (χ2v) is 13.7. The van der Waals surface area contributed by atoms with Crippen molar-refractivity contribution in [1.82, 2.24) is 9.55 Å². The number of aryl methyl sites for hydroxylation is 1. The van der Waals surface area contributed by atoms with Gasteiger partial charge in [-0.3, -0.25) is 9.36 Å². The summed E-state index contributed by atoms with van der Waals surface area (Å²) in [4.78, 5) is 24.7. The van der Waals surface area contributed by atoms with E-state index in [1.54, 1.807) is 30.1 Å². The van der Waals surface area contributed by atoms with E-state index >= 15 is 0 Å². The average molecular weight is 636 g/mol. The number of furan rings is 1. The number of para-hydroxylation sites is 1. The number of methoxy groups -OCH3 is 2. The van der Waals surface area contributed by atoms with Crippen molar-refractivity contribution in [3.05, 3.63) is 127 Å². The standard InChI is InChI=1S/C34H25N3O4S3/c1-39-20-12-15-26(40-2)24(17-20)31-23-14-11-19-7-3-4-8-22(19)30(23)36-33-37(31)32(38)28(42-33)18-21-13-16-29(41-21)44-34-35-25-9-5-6-10-27(25)43-34/h3-10,12-13,15-18,31H,11,14H2,1-2H3/t31-/m0/s1. The molecule has 44 heavy (non-hydrogen) atoms. The van der Waals surface area contributed by atoms with Crippen molar-refractivity contribution >= 4 is 56.4 Å². The van der Waals surface area contributed by atoms with Crippen molar-refractivity contribution in [2.45, 2.75) is 28.3 Å². The van der Waals surface area contributed by atoms with Crippen molar-refractivity contribution < 1.29 is 13.9 Å². The van der Waals surface area contributed by atoms with E-state index in [0.29, 0.717) is 31.7 Å². The maximum Gasteiger partial charge on any atom is 0.271 e. The summed E-state index contributed by atoms with van der Waals surface area (Å²) < 4.78 is 22.0. The van der Waals surface area contributed by atoms with Gasteiger partial charge in [0.1, 0.15) is 17.3 Å². The van der Waals surface area contributed by atoms with Gasteiger partial charge in [0.2, 0.25) is 0 Å². The maximum absolute atomic E-state index is 14.2. The monoisotopic (exact) mass is 635 g/mol. The summed E-state index contributed by atoms with van der Waals surface area (Å²) in [5, 5.41) is 0.717. The molecule has 0 radical (unpaired) electrons. The zero-order valence-electron chi connectivity index (χ0n) is 23.8. The Kier molecular flexibility index (Phi) is 6.77. The Bertz CT molecular complexity index is 2260. The number of hydrogen-bond acceptors (Lipinski definition) is 9. The van der Waals surface area contributed by atoms with Crippen LogP contribution in [-0.4, -0.2) is 23.8 Å². The Morgan fingerprint density at radius 3 is 2.70 bits per heavy atom. The summed E-state index contributed by atoms with van der Waals surface area (Å²) in [5.74, 6) is 2.00. The lowest BCUT2D eigenvalue weighted by Gasteiger charge is -2.31. The minimum absolute atomic E-state index is 0.120. The molecular weight excluding hydrogens is 611 g/mol. The SMILES string of the molecule is COc1ccc(OC)c([C@@H]2C3=C(N=c4sc(=Cc5ccc(Sc6nc7ccccc7s6)o5)c(=O)n42)c2ccccc2CC3)c1. The largest absolute Gasteiger partial charge is 0.497 e. The van der Waals surface area contributed by atoms with Crippen LogP contribution in [0.1, 0.15) is 34.9 Å². The van der Waals surface area contributed by atoms with Crippen LogP contribution in [-0.2, 0) is 6.42 Å². The first kappa shape index (κ1) is 27.2. The van der Waals surface area contributed by atoms with Crippen LogP contribution in [0.5, 0.6) is 11.5 Å². The summed E-state index contributed by atoms with van der Waals surface area (Å²) in [5.41, 5.74) is 6.13. The zero-order valence-corrected chi connectivity index (χ0v) is 26.2. The molecule has 0 fully saturated rings. The van der Waals surface area contributed by atoms with Gasteiger partial charge in [-0.1, -0.05) is 47.7 Å². The highest BCUT2D eigenvalue weighted by atomic mass is 32.2. The van der Waals surface area contributed by atoms with E-state index in [9.17, 15) is 4.79 Å². The average Bonchev–Trinajstić information content (AvgIpc) is 3.76. The summed E-state index contributed by atoms with van der Waals surface area (Å²) >= 11 is 4.48. The van der Waals surface area contributed by atoms with Gasteiger partial charge >= 0.3 is 0 Å². The normalized spacial score (nSPS) is 16.0. The molecule has 6 aromatic rings. The summed E-state index contributed by atoms with van der Waals surface area (Å²) in [7, 11) is 3.30. The number of nitrogens with zero attached hydrogens (tertiary/aromatic N) is 3. The summed E-state index contributed by atoms with van der Waals surface area (Å²) in [6.45, 7) is 0. The molecule has 3 aromatic heterocycles. The fourth-order valence-corrected chi connectivity index (χ4v) is 8.88. The Morgan fingerprint density at radius 2 is 1.84 bits per heavy atom. The second kappa shape index (κ2) is 11.0. The molecule has 3 aromatic carbocycles. The second-order valence-electron chi connectivity index (χ2n) is 10.4. The van der Waals surface area contributed by atoms with Crippen LogP contribution < -0.4 is 24.4 Å². The third kappa shape index (κ3) is 4.61. The lowest BCUT2D eigenvalue weighted by atomic mass is 9.83. The fraction of sp³-hybridized carbons (Fsp3) is 0.147. The van der Waals surface area contributed by atoms with Gasteiger partial charge in [-0.05, 0) is 78.2 Å². The number of fused-ring (bicyclic) bond motifs is 4. The van der Waals surface area contributed by atoms with Crippen molar-refractivity contribution in [2.75, 3.05) is 14.2 Å². The van der Waals surface area contributed by atoms with Gasteiger partial charge in [0.05, 0.1) is 40.7 Å². The number of thiazole rings is 2. The lowest BCUT2D eigenvalue weighted by molar-refractivity contribution is 0.392. The quantitative estimate of drug-likeness (QED) is 0.203. The van der Waals surface area contributed by atoms with E-state index in [1.165, 1.54) is 28.7 Å². The number of ether oxygens (including phenoxy) is 2. The van der Waals surface area contributed by atoms with Crippen LogP contribution >= 0.6 is 34.4 Å². The Balaban J connectivity index is 1.25. The number of allylic oxidation sites excluding steroid dienone is 1. The summed E-state index contributed by atoms with van der Waals surface area (Å²) in [6.07, 6.45) is 3.47. The predicted octanol–water partition coefficient (Wildman–Crippen LogP) is 6.69. The third-order valence-electron chi connectivity index (χ3n) is 7.94. The minimum Gasteiger partial charge on any atom is -0.497 e. The van der Waals surface area contributed by atoms with Crippen molar-refractivity contribution in [1.29, 1.82) is 0 Å². The predicted molar refractivity (Wildman–Crippen MR) is 175 cm³/mol. The number of rotatable bonds is 6. The lowest BCUT2D eigenvalue weighted by Crippen LogP contribution is -2.39. The Hall–Kier alpha value is -4.38. The molecule has 0 unspecified atom stereocenters. The number of aromatic nitrogens is 2. The molecule has 0 spiro atoms. The molecule has 0 bridgehead atoms. The maximum atomic E-state index is 14.2. The molecule has 0 N–H and O–H groups in total. The first-order valence-electron chi connectivity index (χ1n) is 14.1. The molecule has 218 valence electrons. The molecule has 1 aliphatic heterocycles. The first-order valence-corrected chi connectivity index (χ1v) is 16.5. The highest BCUT2D eigenvalue weighted by molar-refractivity contribution is 8.01. The van der Waals surface area contributed by atoms with Crippen LogP contribution in [0.3, 0.4) is 0 Å². The Morgan fingerprint density at radius 1 is 0.977 bits per heavy atom. The smallest absolute Gasteiger partial charge is 0.271 e. The topological polar surface area (TPSA) is 78.8 Å². The van der Waals surface area contributed by atoms with Crippen LogP contribution in [0, 0.1) is 0 Å². The van der Waals surface area contributed by atoms with Gasteiger partial charge < -0.3 is 13.9 Å². The van der Waals surface area contributed by atoms with E-state index in [0.717, 1.165) is 49.8 Å². The van der Waals surface area contributed by atoms with Gasteiger partial charge in [0.25, 0.3) is 5.56 Å². The number of hydrogen-bond donors (Lipinski definition) is 0. The molecule has 10 heteroatoms. The fourth-order valence-electron chi connectivity index (χ4n) is 5.93. The highest BCUT2D eigenvalue weighted by Gasteiger charge is 2.34. The van der Waals surface area contributed by atoms with Gasteiger partial charge in [-0.15, -0.1) is 11.3 Å². The molecule has 0 saturated carbocycles. The first-order chi connectivity index (χ1) is 21.6. The van der Waals surface area contributed by atoms with Gasteiger partial charge in [0.15, 0.2) is 14.2 Å². The van der Waals surface area contributed by atoms with E-state index in [2.05, 4.69) is 24.3 Å². The van der Waals surface area contributed by atoms with Crippen LogP contribution in [0.2, 0.25) is 0 Å². The van der Waals surface area contributed by atoms with Crippen molar-refractivity contribution in [3.8, 4) is 11.5 Å². The van der Waals surface area contributed by atoms with Gasteiger partial charge in [-0.2, -0.15) is 0 Å². The molecule has 8 rings (SSSR count). The zero-order chi connectivity index (χ0) is 29.8. The summed E-state index contributed by atoms with van der Waals surface area (Å²) in [6, 6.07) is 25.6. The molecular formula is C34H25N3O4S3. The van der Waals surface area contributed by atoms with E-state index in [1.807, 2.05) is 60.7 Å². The van der Waals surface area contributed by atoms with Crippen molar-refractivity contribution in [3.63, 3.8) is 0 Å². The van der Waals surface area contributed by atoms with Crippen LogP contribution in [0.15, 0.2) is 108 Å². The molecule has 0 amide bonds. The molecule has 1 aliphatic carbocycles. The third-order valence-corrected chi connectivity index (χ3v) is 10.9.